The topological polar surface area (TPSA) is 54.1 Å². The van der Waals surface area contributed by atoms with Crippen LogP contribution in [0.4, 0.5) is 5.69 Å². The zero-order valence-electron chi connectivity index (χ0n) is 8.63. The van der Waals surface area contributed by atoms with E-state index < -0.39 is 0 Å². The molecule has 0 amide bonds. The predicted octanol–water partition coefficient (Wildman–Crippen LogP) is 2.14. The molecule has 0 radical (unpaired) electrons. The Bertz CT molecular complexity index is 455. The van der Waals surface area contributed by atoms with Gasteiger partial charge in [-0.15, -0.1) is 0 Å². The Labute approximate surface area is 87.6 Å². The van der Waals surface area contributed by atoms with Crippen molar-refractivity contribution >= 4 is 17.7 Å². The van der Waals surface area contributed by atoms with Crippen molar-refractivity contribution in [3.63, 3.8) is 0 Å². The number of carbonyl (C=O) groups excluding carboxylic acids is 1. The lowest BCUT2D eigenvalue weighted by Crippen LogP contribution is -2.00. The van der Waals surface area contributed by atoms with Gasteiger partial charge in [-0.1, -0.05) is 6.08 Å². The molecule has 2 N–H and O–H groups in total. The van der Waals surface area contributed by atoms with Gasteiger partial charge in [0.15, 0.2) is 0 Å². The van der Waals surface area contributed by atoms with Gasteiger partial charge in [-0.25, -0.2) is 4.79 Å². The lowest BCUT2D eigenvalue weighted by molar-refractivity contribution is 0.0595. The summed E-state index contributed by atoms with van der Waals surface area (Å²) in [6.07, 6.45) is 5.78. The number of ether oxygens (including phenoxy) is 1. The fourth-order valence-corrected chi connectivity index (χ4v) is 1.40. The van der Waals surface area contributed by atoms with Crippen LogP contribution >= 0.6 is 0 Å². The molecule has 1 aliphatic rings. The summed E-state index contributed by atoms with van der Waals surface area (Å²) >= 11 is 0. The molecule has 2 rings (SSSR count). The van der Waals surface area contributed by atoms with Crippen molar-refractivity contribution in [1.29, 1.82) is 0 Å². The third-order valence-electron chi connectivity index (χ3n) is 2.22. The summed E-state index contributed by atoms with van der Waals surface area (Å²) in [5, 5.41) is 3.11. The maximum atomic E-state index is 11.3. The standard InChI is InChI=1S/C11H12N2O2/c1-7-3-4-8-9(12-6-7)5-10(13-8)11(14)15-2/h3-6,12-13H,1-2H3. The van der Waals surface area contributed by atoms with Gasteiger partial charge in [0.2, 0.25) is 0 Å². The van der Waals surface area contributed by atoms with Crippen molar-refractivity contribution < 1.29 is 9.53 Å². The molecule has 4 heteroatoms. The van der Waals surface area contributed by atoms with Crippen molar-refractivity contribution in [1.82, 2.24) is 4.98 Å². The summed E-state index contributed by atoms with van der Waals surface area (Å²) in [4.78, 5) is 14.2. The molecule has 0 atom stereocenters. The highest BCUT2D eigenvalue weighted by Gasteiger charge is 2.12. The molecule has 0 saturated carbocycles. The molecule has 78 valence electrons. The van der Waals surface area contributed by atoms with E-state index in [9.17, 15) is 4.79 Å². The summed E-state index contributed by atoms with van der Waals surface area (Å²) in [5.41, 5.74) is 3.33. The fraction of sp³-hybridized carbons (Fsp3) is 0.182. The number of esters is 1. The van der Waals surface area contributed by atoms with Crippen molar-refractivity contribution in [2.75, 3.05) is 12.4 Å². The van der Waals surface area contributed by atoms with E-state index in [-0.39, 0.29) is 5.97 Å². The molecule has 1 aromatic rings. The van der Waals surface area contributed by atoms with Gasteiger partial charge >= 0.3 is 5.97 Å². The molecule has 1 aromatic heterocycles. The maximum Gasteiger partial charge on any atom is 0.354 e. The van der Waals surface area contributed by atoms with Gasteiger partial charge in [-0.3, -0.25) is 0 Å². The quantitative estimate of drug-likeness (QED) is 0.689. The van der Waals surface area contributed by atoms with E-state index in [0.717, 1.165) is 17.0 Å². The van der Waals surface area contributed by atoms with Crippen LogP contribution in [0, 0.1) is 0 Å². The molecule has 15 heavy (non-hydrogen) atoms. The van der Waals surface area contributed by atoms with E-state index >= 15 is 0 Å². The van der Waals surface area contributed by atoms with E-state index in [2.05, 4.69) is 15.0 Å². The van der Waals surface area contributed by atoms with Gasteiger partial charge in [-0.2, -0.15) is 0 Å². The molecule has 2 heterocycles. The number of aromatic nitrogens is 1. The number of hydrogen-bond acceptors (Lipinski definition) is 3. The highest BCUT2D eigenvalue weighted by Crippen LogP contribution is 2.22. The van der Waals surface area contributed by atoms with Crippen molar-refractivity contribution in [2.45, 2.75) is 6.92 Å². The second-order valence-corrected chi connectivity index (χ2v) is 3.37. The molecule has 0 saturated heterocycles. The minimum atomic E-state index is -0.362. The Kier molecular flexibility index (Phi) is 2.33. The van der Waals surface area contributed by atoms with E-state index in [1.807, 2.05) is 25.3 Å². The molecular formula is C11H12N2O2. The first-order valence-electron chi connectivity index (χ1n) is 4.63. The fourth-order valence-electron chi connectivity index (χ4n) is 1.40. The second-order valence-electron chi connectivity index (χ2n) is 3.37. The Balaban J connectivity index is 2.36. The molecule has 4 nitrogen and oxygen atoms in total. The van der Waals surface area contributed by atoms with Crippen LogP contribution in [-0.2, 0) is 4.74 Å². The largest absolute Gasteiger partial charge is 0.464 e. The smallest absolute Gasteiger partial charge is 0.354 e. The van der Waals surface area contributed by atoms with Crippen LogP contribution < -0.4 is 5.32 Å². The zero-order chi connectivity index (χ0) is 10.8. The minimum absolute atomic E-state index is 0.362. The number of methoxy groups -OCH3 is 1. The number of H-pyrrole nitrogens is 1. The highest BCUT2D eigenvalue weighted by atomic mass is 16.5. The molecule has 0 fully saturated rings. The third kappa shape index (κ3) is 1.79. The first kappa shape index (κ1) is 9.58. The Hall–Kier alpha value is -1.97. The van der Waals surface area contributed by atoms with Crippen LogP contribution in [0.1, 0.15) is 23.1 Å². The van der Waals surface area contributed by atoms with Crippen molar-refractivity contribution in [3.8, 4) is 0 Å². The maximum absolute atomic E-state index is 11.3. The van der Waals surface area contributed by atoms with Crippen LogP contribution in [0.3, 0.4) is 0 Å². The van der Waals surface area contributed by atoms with Gasteiger partial charge in [-0.05, 0) is 24.6 Å². The molecule has 1 aliphatic heterocycles. The third-order valence-corrected chi connectivity index (χ3v) is 2.22. The van der Waals surface area contributed by atoms with Crippen LogP contribution in [-0.4, -0.2) is 18.1 Å². The molecule has 0 bridgehead atoms. The SMILES string of the molecule is COC(=O)c1cc2c([nH]1)C=CC(C)=CN2. The molecule has 0 aromatic carbocycles. The zero-order valence-corrected chi connectivity index (χ0v) is 8.63. The van der Waals surface area contributed by atoms with Crippen LogP contribution in [0.5, 0.6) is 0 Å². The number of rotatable bonds is 1. The summed E-state index contributed by atoms with van der Waals surface area (Å²) in [6, 6.07) is 1.74. The monoisotopic (exact) mass is 204 g/mol. The Morgan fingerprint density at radius 3 is 2.93 bits per heavy atom. The number of aromatic amines is 1. The van der Waals surface area contributed by atoms with E-state index in [1.54, 1.807) is 6.07 Å². The predicted molar refractivity (Wildman–Crippen MR) is 58.5 cm³/mol. The Morgan fingerprint density at radius 2 is 2.20 bits per heavy atom. The minimum Gasteiger partial charge on any atom is -0.464 e. The van der Waals surface area contributed by atoms with Crippen LogP contribution in [0.25, 0.3) is 6.08 Å². The van der Waals surface area contributed by atoms with Gasteiger partial charge < -0.3 is 15.0 Å². The molecule has 0 spiro atoms. The molecule has 0 unspecified atom stereocenters. The number of nitrogens with one attached hydrogen (secondary N) is 2. The van der Waals surface area contributed by atoms with Gasteiger partial charge in [0, 0.05) is 6.20 Å². The average molecular weight is 204 g/mol. The summed E-state index contributed by atoms with van der Waals surface area (Å²) < 4.78 is 4.63. The number of carbonyl (C=O) groups is 1. The van der Waals surface area contributed by atoms with Crippen LogP contribution in [0.15, 0.2) is 23.9 Å². The van der Waals surface area contributed by atoms with Gasteiger partial charge in [0.25, 0.3) is 0 Å². The normalized spacial score (nSPS) is 13.6. The first-order chi connectivity index (χ1) is 7.20. The second kappa shape index (κ2) is 3.65. The van der Waals surface area contributed by atoms with Crippen LogP contribution in [0.2, 0.25) is 0 Å². The van der Waals surface area contributed by atoms with Crippen molar-refractivity contribution in [3.05, 3.63) is 35.3 Å². The summed E-state index contributed by atoms with van der Waals surface area (Å²) in [7, 11) is 1.36. The van der Waals surface area contributed by atoms with E-state index in [4.69, 9.17) is 0 Å². The number of anilines is 1. The lowest BCUT2D eigenvalue weighted by Gasteiger charge is -1.95. The van der Waals surface area contributed by atoms with E-state index in [1.165, 1.54) is 7.11 Å². The lowest BCUT2D eigenvalue weighted by atomic mass is 10.3. The number of hydrogen-bond donors (Lipinski definition) is 2. The van der Waals surface area contributed by atoms with Gasteiger partial charge in [0.05, 0.1) is 18.5 Å². The summed E-state index contributed by atoms with van der Waals surface area (Å²) in [5.74, 6) is -0.362. The Morgan fingerprint density at radius 1 is 1.40 bits per heavy atom. The summed E-state index contributed by atoms with van der Waals surface area (Å²) in [6.45, 7) is 2.00. The average Bonchev–Trinajstić information content (AvgIpc) is 2.58. The first-order valence-corrected chi connectivity index (χ1v) is 4.63. The number of allylic oxidation sites excluding steroid dienone is 2. The van der Waals surface area contributed by atoms with Crippen molar-refractivity contribution in [2.24, 2.45) is 0 Å². The highest BCUT2D eigenvalue weighted by molar-refractivity contribution is 5.90. The molecular weight excluding hydrogens is 192 g/mol. The van der Waals surface area contributed by atoms with E-state index in [0.29, 0.717) is 5.69 Å². The van der Waals surface area contributed by atoms with Gasteiger partial charge in [0.1, 0.15) is 5.69 Å². The molecule has 0 aliphatic carbocycles. The number of fused-ring (bicyclic) bond motifs is 1.